The van der Waals surface area contributed by atoms with E-state index < -0.39 is 37.0 Å². The number of hydrogen-bond donors (Lipinski definition) is 4. The molecule has 2 aromatic rings. The number of nitrogens with one attached hydrogen (secondary N) is 3. The number of imidazole rings is 1. The third kappa shape index (κ3) is 8.14. The van der Waals surface area contributed by atoms with Gasteiger partial charge in [-0.1, -0.05) is 13.8 Å². The van der Waals surface area contributed by atoms with Crippen LogP contribution in [0.15, 0.2) is 11.1 Å². The molecule has 0 amide bonds. The summed E-state index contributed by atoms with van der Waals surface area (Å²) >= 11 is 0. The van der Waals surface area contributed by atoms with Gasteiger partial charge in [-0.3, -0.25) is 23.9 Å². The Hall–Kier alpha value is -2.76. The maximum Gasteiger partial charge on any atom is 0.323 e. The number of ether oxygens (including phenoxy) is 2. The molecule has 0 aromatic carbocycles. The molecular formula is C22H38N7O6P. The zero-order valence-electron chi connectivity index (χ0n) is 21.8. The Morgan fingerprint density at radius 3 is 2.22 bits per heavy atom. The number of rotatable bonds is 14. The van der Waals surface area contributed by atoms with Gasteiger partial charge in [0.15, 0.2) is 11.2 Å². The summed E-state index contributed by atoms with van der Waals surface area (Å²) in [7, 11) is -3.41. The number of H-pyrrole nitrogens is 1. The van der Waals surface area contributed by atoms with E-state index in [4.69, 9.17) is 15.2 Å². The van der Waals surface area contributed by atoms with Crippen molar-refractivity contribution in [1.82, 2.24) is 29.7 Å². The average molecular weight is 528 g/mol. The third-order valence-electron chi connectivity index (χ3n) is 5.71. The zero-order valence-corrected chi connectivity index (χ0v) is 22.7. The number of aromatic amines is 1. The van der Waals surface area contributed by atoms with Crippen LogP contribution in [0.3, 0.4) is 0 Å². The topological polar surface area (TPSA) is 183 Å². The number of anilines is 1. The van der Waals surface area contributed by atoms with E-state index in [-0.39, 0.29) is 36.3 Å². The van der Waals surface area contributed by atoms with Crippen LogP contribution in [-0.2, 0) is 30.2 Å². The zero-order chi connectivity index (χ0) is 27.1. The predicted octanol–water partition coefficient (Wildman–Crippen LogP) is 1.78. The van der Waals surface area contributed by atoms with Gasteiger partial charge in [0.05, 0.1) is 19.5 Å². The van der Waals surface area contributed by atoms with E-state index in [1.54, 1.807) is 38.6 Å². The van der Waals surface area contributed by atoms with Crippen molar-refractivity contribution in [3.05, 3.63) is 16.7 Å². The van der Waals surface area contributed by atoms with E-state index in [1.807, 2.05) is 13.8 Å². The predicted molar refractivity (Wildman–Crippen MR) is 137 cm³/mol. The quantitative estimate of drug-likeness (QED) is 0.207. The summed E-state index contributed by atoms with van der Waals surface area (Å²) in [5, 5.41) is 5.74. The number of nitrogens with zero attached hydrogens (tertiary/aromatic N) is 3. The van der Waals surface area contributed by atoms with Crippen molar-refractivity contribution in [2.75, 3.05) is 25.1 Å². The van der Waals surface area contributed by atoms with Crippen LogP contribution in [0.5, 0.6) is 0 Å². The Morgan fingerprint density at radius 1 is 1.14 bits per heavy atom. The molecule has 5 N–H and O–H groups in total. The monoisotopic (exact) mass is 527 g/mol. The SMILES string of the molecule is CCOC(=O)[C@H](C)NP(=O)(CCC(C)(C)CCn1cnc2c(=O)[nH]c(N)nc21)N[C@@H](C)C(=O)OCC. The van der Waals surface area contributed by atoms with E-state index in [2.05, 4.69) is 25.1 Å². The molecular weight excluding hydrogens is 489 g/mol. The van der Waals surface area contributed by atoms with Gasteiger partial charge in [0.25, 0.3) is 5.56 Å². The van der Waals surface area contributed by atoms with Gasteiger partial charge in [0.2, 0.25) is 13.4 Å². The minimum atomic E-state index is -3.41. The second-order valence-corrected chi connectivity index (χ2v) is 11.8. The van der Waals surface area contributed by atoms with Crippen molar-refractivity contribution < 1.29 is 23.6 Å². The molecule has 202 valence electrons. The summed E-state index contributed by atoms with van der Waals surface area (Å²) in [5.41, 5.74) is 5.57. The number of nitrogens with two attached hydrogens (primary N) is 1. The molecule has 14 heteroatoms. The Bertz CT molecular complexity index is 1130. The molecule has 36 heavy (non-hydrogen) atoms. The van der Waals surface area contributed by atoms with Gasteiger partial charge >= 0.3 is 11.9 Å². The van der Waals surface area contributed by atoms with Gasteiger partial charge in [0.1, 0.15) is 12.1 Å². The molecule has 0 aliphatic rings. The minimum absolute atomic E-state index is 0.0121. The highest BCUT2D eigenvalue weighted by molar-refractivity contribution is 7.59. The fraction of sp³-hybridized carbons (Fsp3) is 0.682. The molecule has 0 aliphatic carbocycles. The number of hydrogen-bond acceptors (Lipinski definition) is 9. The fourth-order valence-electron chi connectivity index (χ4n) is 3.57. The summed E-state index contributed by atoms with van der Waals surface area (Å²) < 4.78 is 25.7. The fourth-order valence-corrected chi connectivity index (χ4v) is 6.29. The molecule has 13 nitrogen and oxygen atoms in total. The van der Waals surface area contributed by atoms with Crippen LogP contribution in [0.25, 0.3) is 11.2 Å². The van der Waals surface area contributed by atoms with Crippen molar-refractivity contribution in [2.45, 2.75) is 73.0 Å². The van der Waals surface area contributed by atoms with E-state index in [0.717, 1.165) is 0 Å². The largest absolute Gasteiger partial charge is 0.465 e. The molecule has 0 bridgehead atoms. The number of carbonyl (C=O) groups excluding carboxylic acids is 2. The molecule has 2 rings (SSSR count). The molecule has 2 aromatic heterocycles. The third-order valence-corrected chi connectivity index (χ3v) is 8.17. The van der Waals surface area contributed by atoms with Crippen LogP contribution in [0.1, 0.15) is 54.4 Å². The molecule has 0 saturated heterocycles. The van der Waals surface area contributed by atoms with Crippen molar-refractivity contribution in [1.29, 1.82) is 0 Å². The lowest BCUT2D eigenvalue weighted by Gasteiger charge is -2.30. The van der Waals surface area contributed by atoms with E-state index >= 15 is 0 Å². The lowest BCUT2D eigenvalue weighted by atomic mass is 9.86. The lowest BCUT2D eigenvalue weighted by molar-refractivity contribution is -0.145. The van der Waals surface area contributed by atoms with Gasteiger partial charge in [-0.05, 0) is 46.0 Å². The van der Waals surface area contributed by atoms with Gasteiger partial charge < -0.3 is 19.8 Å². The molecule has 0 radical (unpaired) electrons. The van der Waals surface area contributed by atoms with Crippen LogP contribution < -0.4 is 21.5 Å². The first-order valence-electron chi connectivity index (χ1n) is 12.0. The van der Waals surface area contributed by atoms with Crippen molar-refractivity contribution in [3.8, 4) is 0 Å². The number of aryl methyl sites for hydroxylation is 1. The highest BCUT2D eigenvalue weighted by atomic mass is 31.2. The van der Waals surface area contributed by atoms with E-state index in [9.17, 15) is 18.9 Å². The summed E-state index contributed by atoms with van der Waals surface area (Å²) in [6, 6.07) is -1.68. The van der Waals surface area contributed by atoms with E-state index in [1.165, 1.54) is 0 Å². The average Bonchev–Trinajstić information content (AvgIpc) is 3.20. The standard InChI is InChI=1S/C22H38N7O6P/c1-7-34-19(31)14(3)27-36(33,28-15(4)20(32)35-8-2)12-10-22(5,6)9-11-29-13-24-16-17(29)25-21(23)26-18(16)30/h13-15H,7-12H2,1-6H3,(H2,27,28,33)(H3,23,25,26,30)/t14-,15-/m0/s1. The molecule has 0 spiro atoms. The number of nitrogen functional groups attached to an aromatic ring is 1. The summed E-state index contributed by atoms with van der Waals surface area (Å²) in [6.45, 7) is 11.5. The summed E-state index contributed by atoms with van der Waals surface area (Å²) in [5.74, 6) is -1.05. The molecule has 0 unspecified atom stereocenters. The van der Waals surface area contributed by atoms with Crippen LogP contribution in [0.2, 0.25) is 0 Å². The maximum absolute atomic E-state index is 13.9. The number of fused-ring (bicyclic) bond motifs is 1. The molecule has 2 atom stereocenters. The highest BCUT2D eigenvalue weighted by Gasteiger charge is 2.33. The van der Waals surface area contributed by atoms with E-state index in [0.29, 0.717) is 25.0 Å². The Balaban J connectivity index is 2.13. The number of aromatic nitrogens is 4. The lowest BCUT2D eigenvalue weighted by Crippen LogP contribution is -2.43. The summed E-state index contributed by atoms with van der Waals surface area (Å²) in [4.78, 5) is 47.1. The molecule has 0 aliphatic heterocycles. The second kappa shape index (κ2) is 12.5. The van der Waals surface area contributed by atoms with Crippen molar-refractivity contribution >= 4 is 36.5 Å². The van der Waals surface area contributed by atoms with Crippen LogP contribution in [0.4, 0.5) is 5.95 Å². The number of esters is 2. The van der Waals surface area contributed by atoms with Crippen molar-refractivity contribution in [2.24, 2.45) is 5.41 Å². The van der Waals surface area contributed by atoms with Gasteiger partial charge in [0, 0.05) is 12.7 Å². The van der Waals surface area contributed by atoms with Gasteiger partial charge in [-0.15, -0.1) is 0 Å². The van der Waals surface area contributed by atoms with Crippen LogP contribution in [-0.4, -0.2) is 62.9 Å². The van der Waals surface area contributed by atoms with Gasteiger partial charge in [-0.2, -0.15) is 4.98 Å². The van der Waals surface area contributed by atoms with Crippen LogP contribution in [0, 0.1) is 5.41 Å². The maximum atomic E-state index is 13.9. The minimum Gasteiger partial charge on any atom is -0.465 e. The Labute approximate surface area is 210 Å². The first kappa shape index (κ1) is 29.5. The molecule has 2 heterocycles. The Kier molecular flexibility index (Phi) is 10.2. The highest BCUT2D eigenvalue weighted by Crippen LogP contribution is 2.42. The first-order valence-corrected chi connectivity index (χ1v) is 13.9. The van der Waals surface area contributed by atoms with Crippen LogP contribution >= 0.6 is 7.44 Å². The smallest absolute Gasteiger partial charge is 0.323 e. The van der Waals surface area contributed by atoms with Gasteiger partial charge in [-0.25, -0.2) is 15.2 Å². The normalized spacial score (nSPS) is 13.9. The summed E-state index contributed by atoms with van der Waals surface area (Å²) in [6.07, 6.45) is 2.85. The first-order chi connectivity index (χ1) is 16.8. The Morgan fingerprint density at radius 2 is 1.69 bits per heavy atom. The molecule has 0 fully saturated rings. The van der Waals surface area contributed by atoms with Crippen molar-refractivity contribution in [3.63, 3.8) is 0 Å². The molecule has 0 saturated carbocycles. The number of carbonyl (C=O) groups is 2. The second-order valence-electron chi connectivity index (χ2n) is 9.39.